The van der Waals surface area contributed by atoms with E-state index in [1.807, 2.05) is 0 Å². The summed E-state index contributed by atoms with van der Waals surface area (Å²) in [7, 11) is 0. The predicted molar refractivity (Wildman–Crippen MR) is 74.2 cm³/mol. The second kappa shape index (κ2) is 7.25. The third-order valence-corrected chi connectivity index (χ3v) is 3.29. The van der Waals surface area contributed by atoms with Crippen LogP contribution in [0.5, 0.6) is 0 Å². The summed E-state index contributed by atoms with van der Waals surface area (Å²) in [5.41, 5.74) is -0.0932. The molecule has 0 aliphatic rings. The van der Waals surface area contributed by atoms with Crippen LogP contribution in [-0.2, 0) is 0 Å². The van der Waals surface area contributed by atoms with Gasteiger partial charge >= 0.3 is 5.69 Å². The van der Waals surface area contributed by atoms with Crippen molar-refractivity contribution >= 4 is 0 Å². The number of unbranched alkanes of at least 4 members (excludes halogenated alkanes) is 3. The van der Waals surface area contributed by atoms with Crippen molar-refractivity contribution in [3.63, 3.8) is 0 Å². The second-order valence-corrected chi connectivity index (χ2v) is 4.73. The minimum absolute atomic E-state index is 0.408. The topological polar surface area (TPSA) is 87.1 Å². The van der Waals surface area contributed by atoms with Gasteiger partial charge in [-0.1, -0.05) is 26.2 Å². The molecule has 0 radical (unpaired) electrons. The number of aliphatic hydroxyl groups excluding tert-OH is 1. The van der Waals surface area contributed by atoms with Crippen LogP contribution in [0.4, 0.5) is 0 Å². The summed E-state index contributed by atoms with van der Waals surface area (Å²) < 4.78 is 1.16. The van der Waals surface area contributed by atoms with Crippen molar-refractivity contribution in [3.05, 3.63) is 32.1 Å². The summed E-state index contributed by atoms with van der Waals surface area (Å²) in [6, 6.07) is 0. The molecule has 1 rings (SSSR count). The zero-order valence-corrected chi connectivity index (χ0v) is 11.8. The fourth-order valence-electron chi connectivity index (χ4n) is 1.92. The van der Waals surface area contributed by atoms with Crippen LogP contribution in [0.25, 0.3) is 0 Å². The molecule has 0 fully saturated rings. The number of hydrogen-bond acceptors (Lipinski definition) is 4. The molecule has 108 valence electrons. The van der Waals surface area contributed by atoms with Crippen LogP contribution in [0.2, 0.25) is 0 Å². The lowest BCUT2D eigenvalue weighted by Gasteiger charge is -2.18. The van der Waals surface area contributed by atoms with Gasteiger partial charge < -0.3 is 5.11 Å². The van der Waals surface area contributed by atoms with Gasteiger partial charge in [0, 0.05) is 11.3 Å². The van der Waals surface area contributed by atoms with Gasteiger partial charge in [0.1, 0.15) is 0 Å². The summed E-state index contributed by atoms with van der Waals surface area (Å²) in [6.45, 7) is 6.03. The predicted octanol–water partition coefficient (Wildman–Crippen LogP) is 0.772. The normalized spacial score (nSPS) is 12.6. The molecular weight excluding hydrogens is 246 g/mol. The lowest BCUT2D eigenvalue weighted by Crippen LogP contribution is -2.41. The maximum atomic E-state index is 11.7. The number of H-pyrrole nitrogens is 1. The Hall–Kier alpha value is -1.40. The maximum Gasteiger partial charge on any atom is 0.331 e. The zero-order chi connectivity index (χ0) is 14.4. The first-order valence-electron chi connectivity index (χ1n) is 6.72. The van der Waals surface area contributed by atoms with Crippen molar-refractivity contribution in [1.82, 2.24) is 14.9 Å². The molecule has 19 heavy (non-hydrogen) atoms. The molecule has 0 spiro atoms. The molecule has 3 N–H and O–H groups in total. The first-order valence-corrected chi connectivity index (χ1v) is 6.72. The van der Waals surface area contributed by atoms with Crippen molar-refractivity contribution < 1.29 is 5.11 Å². The lowest BCUT2D eigenvalue weighted by atomic mass is 10.2. The quantitative estimate of drug-likeness (QED) is 0.504. The van der Waals surface area contributed by atoms with E-state index < -0.39 is 17.6 Å². The van der Waals surface area contributed by atoms with Gasteiger partial charge in [-0.25, -0.2) is 4.79 Å². The van der Waals surface area contributed by atoms with Gasteiger partial charge in [-0.05, 0) is 26.8 Å². The Morgan fingerprint density at radius 2 is 1.95 bits per heavy atom. The van der Waals surface area contributed by atoms with Crippen LogP contribution >= 0.6 is 0 Å². The number of aromatic nitrogens is 2. The highest BCUT2D eigenvalue weighted by Crippen LogP contribution is 2.03. The number of aromatic amines is 1. The monoisotopic (exact) mass is 269 g/mol. The fraction of sp³-hybridized carbons (Fsp3) is 0.692. The molecule has 0 aliphatic carbocycles. The van der Waals surface area contributed by atoms with Gasteiger partial charge in [0.05, 0.1) is 0 Å². The van der Waals surface area contributed by atoms with E-state index in [9.17, 15) is 14.7 Å². The molecule has 0 aliphatic heterocycles. The maximum absolute atomic E-state index is 11.7. The van der Waals surface area contributed by atoms with Crippen LogP contribution in [0.1, 0.15) is 50.2 Å². The second-order valence-electron chi connectivity index (χ2n) is 4.73. The van der Waals surface area contributed by atoms with E-state index in [1.54, 1.807) is 13.8 Å². The highest BCUT2D eigenvalue weighted by atomic mass is 16.3. The number of nitrogens with one attached hydrogen (secondary N) is 2. The molecule has 1 aromatic rings. The summed E-state index contributed by atoms with van der Waals surface area (Å²) in [5.74, 6) is 0. The van der Waals surface area contributed by atoms with Crippen molar-refractivity contribution in [2.75, 3.05) is 6.54 Å². The smallest absolute Gasteiger partial charge is 0.331 e. The van der Waals surface area contributed by atoms with E-state index in [4.69, 9.17) is 0 Å². The highest BCUT2D eigenvalue weighted by Gasteiger charge is 2.13. The first-order chi connectivity index (χ1) is 8.99. The third-order valence-electron chi connectivity index (χ3n) is 3.29. The Morgan fingerprint density at radius 1 is 1.26 bits per heavy atom. The number of aliphatic hydroxyl groups is 1. The van der Waals surface area contributed by atoms with E-state index >= 15 is 0 Å². The van der Waals surface area contributed by atoms with E-state index in [0.29, 0.717) is 17.8 Å². The largest absolute Gasteiger partial charge is 0.360 e. The molecule has 0 aromatic carbocycles. The molecule has 1 aromatic heterocycles. The molecule has 0 amide bonds. The van der Waals surface area contributed by atoms with Crippen molar-refractivity contribution in [1.29, 1.82) is 0 Å². The van der Waals surface area contributed by atoms with Crippen LogP contribution in [-0.4, -0.2) is 21.2 Å². The van der Waals surface area contributed by atoms with Gasteiger partial charge in [-0.15, -0.1) is 0 Å². The van der Waals surface area contributed by atoms with Gasteiger partial charge in [0.25, 0.3) is 5.56 Å². The summed E-state index contributed by atoms with van der Waals surface area (Å²) in [6.07, 6.45) is 3.24. The van der Waals surface area contributed by atoms with E-state index in [0.717, 1.165) is 30.3 Å². The Labute approximate surface area is 112 Å². The van der Waals surface area contributed by atoms with Crippen LogP contribution in [0.3, 0.4) is 0 Å². The standard InChI is InChI=1S/C13H23N3O3/c1-4-5-6-7-8-14-12(18)16-10(3)9(2)11(17)15-13(16)19/h12,14,18H,4-8H2,1-3H3,(H,15,17,19). The van der Waals surface area contributed by atoms with E-state index in [-0.39, 0.29) is 0 Å². The first kappa shape index (κ1) is 15.7. The Morgan fingerprint density at radius 3 is 2.58 bits per heavy atom. The number of hydrogen-bond donors (Lipinski definition) is 3. The molecule has 6 heteroatoms. The SMILES string of the molecule is CCCCCCNC(O)n1c(C)c(C)c(=O)[nH]c1=O. The number of nitrogens with zero attached hydrogens (tertiary/aromatic N) is 1. The molecule has 0 saturated carbocycles. The van der Waals surface area contributed by atoms with Gasteiger partial charge in [-0.2, -0.15) is 0 Å². The minimum Gasteiger partial charge on any atom is -0.360 e. The van der Waals surface area contributed by atoms with Crippen molar-refractivity contribution in [2.24, 2.45) is 0 Å². The van der Waals surface area contributed by atoms with E-state index in [1.165, 1.54) is 0 Å². The van der Waals surface area contributed by atoms with Gasteiger partial charge in [0.15, 0.2) is 6.35 Å². The molecular formula is C13H23N3O3. The van der Waals surface area contributed by atoms with Crippen LogP contribution in [0, 0.1) is 13.8 Å². The third kappa shape index (κ3) is 4.04. The van der Waals surface area contributed by atoms with Crippen LogP contribution in [0.15, 0.2) is 9.59 Å². The average Bonchev–Trinajstić information content (AvgIpc) is 2.36. The lowest BCUT2D eigenvalue weighted by molar-refractivity contribution is 0.0602. The molecule has 1 heterocycles. The van der Waals surface area contributed by atoms with Crippen LogP contribution < -0.4 is 16.6 Å². The molecule has 0 saturated heterocycles. The summed E-state index contributed by atoms with van der Waals surface area (Å²) in [5, 5.41) is 12.9. The minimum atomic E-state index is -1.11. The molecule has 6 nitrogen and oxygen atoms in total. The Bertz CT molecular complexity index is 519. The van der Waals surface area contributed by atoms with Crippen molar-refractivity contribution in [2.45, 2.75) is 52.8 Å². The zero-order valence-electron chi connectivity index (χ0n) is 11.8. The summed E-state index contributed by atoms with van der Waals surface area (Å²) in [4.78, 5) is 25.3. The fourth-order valence-corrected chi connectivity index (χ4v) is 1.92. The van der Waals surface area contributed by atoms with Gasteiger partial charge in [-0.3, -0.25) is 19.7 Å². The molecule has 1 unspecified atom stereocenters. The van der Waals surface area contributed by atoms with Gasteiger partial charge in [0.2, 0.25) is 0 Å². The van der Waals surface area contributed by atoms with Crippen molar-refractivity contribution in [3.8, 4) is 0 Å². The molecule has 1 atom stereocenters. The average molecular weight is 269 g/mol. The Balaban J connectivity index is 2.72. The number of rotatable bonds is 7. The highest BCUT2D eigenvalue weighted by molar-refractivity contribution is 5.13. The summed E-state index contributed by atoms with van der Waals surface area (Å²) >= 11 is 0. The Kier molecular flexibility index (Phi) is 5.98. The molecule has 0 bridgehead atoms. The van der Waals surface area contributed by atoms with E-state index in [2.05, 4.69) is 17.2 Å².